The van der Waals surface area contributed by atoms with Crippen LogP contribution >= 0.6 is 0 Å². The summed E-state index contributed by atoms with van der Waals surface area (Å²) in [5.74, 6) is -0.327. The van der Waals surface area contributed by atoms with Gasteiger partial charge in [-0.2, -0.15) is 0 Å². The van der Waals surface area contributed by atoms with Crippen LogP contribution in [-0.4, -0.2) is 36.6 Å². The second-order valence-electron chi connectivity index (χ2n) is 5.86. The molecule has 2 aliphatic rings. The van der Waals surface area contributed by atoms with Gasteiger partial charge in [-0.25, -0.2) is 4.79 Å². The second kappa shape index (κ2) is 5.85. The topological polar surface area (TPSA) is 69.6 Å². The van der Waals surface area contributed by atoms with Crippen molar-refractivity contribution in [3.63, 3.8) is 0 Å². The van der Waals surface area contributed by atoms with Gasteiger partial charge in [0.1, 0.15) is 0 Å². The van der Waals surface area contributed by atoms with Crippen LogP contribution in [-0.2, 0) is 11.2 Å². The number of hydrogen-bond donors (Lipinski definition) is 2. The Kier molecular flexibility index (Phi) is 3.92. The fraction of sp³-hybridized carbons (Fsp3) is 0.500. The third kappa shape index (κ3) is 2.93. The van der Waals surface area contributed by atoms with Gasteiger partial charge in [-0.15, -0.1) is 0 Å². The van der Waals surface area contributed by atoms with Crippen molar-refractivity contribution in [1.29, 1.82) is 0 Å². The predicted octanol–water partition coefficient (Wildman–Crippen LogP) is 1.66. The van der Waals surface area contributed by atoms with Crippen LogP contribution in [0.1, 0.15) is 35.2 Å². The van der Waals surface area contributed by atoms with Gasteiger partial charge < -0.3 is 15.3 Å². The van der Waals surface area contributed by atoms with Crippen LogP contribution in [0.5, 0.6) is 0 Å². The summed E-state index contributed by atoms with van der Waals surface area (Å²) in [7, 11) is 0. The van der Waals surface area contributed by atoms with Crippen molar-refractivity contribution in [2.45, 2.75) is 25.7 Å². The van der Waals surface area contributed by atoms with Gasteiger partial charge in [0, 0.05) is 18.7 Å². The summed E-state index contributed by atoms with van der Waals surface area (Å²) in [4.78, 5) is 25.4. The number of benzene rings is 1. The average molecular weight is 288 g/mol. The molecule has 1 fully saturated rings. The molecule has 1 saturated heterocycles. The molecule has 5 heteroatoms. The molecular formula is C16H20N2O3. The van der Waals surface area contributed by atoms with Crippen molar-refractivity contribution in [2.75, 3.05) is 24.5 Å². The van der Waals surface area contributed by atoms with E-state index in [1.807, 2.05) is 4.90 Å². The highest BCUT2D eigenvalue weighted by atomic mass is 16.4. The molecule has 2 heterocycles. The number of rotatable bonds is 3. The molecule has 5 nitrogen and oxygen atoms in total. The molecular weight excluding hydrogens is 268 g/mol. The van der Waals surface area contributed by atoms with Gasteiger partial charge in [0.05, 0.1) is 5.56 Å². The molecule has 3 rings (SSSR count). The van der Waals surface area contributed by atoms with Crippen LogP contribution < -0.4 is 10.2 Å². The monoisotopic (exact) mass is 288 g/mol. The Hall–Kier alpha value is -1.88. The molecule has 1 unspecified atom stereocenters. The highest BCUT2D eigenvalue weighted by molar-refractivity contribution is 5.96. The van der Waals surface area contributed by atoms with Gasteiger partial charge in [0.15, 0.2) is 0 Å². The van der Waals surface area contributed by atoms with E-state index in [1.54, 1.807) is 18.2 Å². The minimum Gasteiger partial charge on any atom is -0.478 e. The molecule has 0 bridgehead atoms. The Morgan fingerprint density at radius 2 is 2.24 bits per heavy atom. The van der Waals surface area contributed by atoms with Crippen molar-refractivity contribution >= 4 is 17.6 Å². The lowest BCUT2D eigenvalue weighted by molar-refractivity contribution is -0.119. The standard InChI is InChI=1S/C16H20N2O3/c19-15(8-11-5-6-17-10-11)18-7-1-2-12-9-13(16(20)21)3-4-14(12)18/h3-4,9,11,17H,1-2,5-8,10H2,(H,20,21). The highest BCUT2D eigenvalue weighted by Gasteiger charge is 2.26. The number of amides is 1. The van der Waals surface area contributed by atoms with E-state index in [-0.39, 0.29) is 5.91 Å². The minimum absolute atomic E-state index is 0.160. The first-order valence-electron chi connectivity index (χ1n) is 7.52. The van der Waals surface area contributed by atoms with Crippen molar-refractivity contribution in [2.24, 2.45) is 5.92 Å². The first-order chi connectivity index (χ1) is 10.1. The van der Waals surface area contributed by atoms with Crippen LogP contribution in [0.25, 0.3) is 0 Å². The van der Waals surface area contributed by atoms with Crippen molar-refractivity contribution in [1.82, 2.24) is 5.32 Å². The zero-order valence-corrected chi connectivity index (χ0v) is 12.0. The maximum absolute atomic E-state index is 12.5. The van der Waals surface area contributed by atoms with Crippen molar-refractivity contribution < 1.29 is 14.7 Å². The number of aryl methyl sites for hydroxylation is 1. The quantitative estimate of drug-likeness (QED) is 0.887. The molecule has 0 saturated carbocycles. The molecule has 0 aromatic heterocycles. The van der Waals surface area contributed by atoms with Gasteiger partial charge in [0.2, 0.25) is 5.91 Å². The second-order valence-corrected chi connectivity index (χ2v) is 5.86. The number of hydrogen-bond acceptors (Lipinski definition) is 3. The molecule has 2 aliphatic heterocycles. The Morgan fingerprint density at radius 3 is 2.95 bits per heavy atom. The summed E-state index contributed by atoms with van der Waals surface area (Å²) in [5.41, 5.74) is 2.16. The number of carboxylic acid groups (broad SMARTS) is 1. The Bertz CT molecular complexity index is 565. The average Bonchev–Trinajstić information content (AvgIpc) is 2.98. The summed E-state index contributed by atoms with van der Waals surface area (Å²) >= 11 is 0. The number of carbonyl (C=O) groups excluding carboxylic acids is 1. The lowest BCUT2D eigenvalue weighted by Crippen LogP contribution is -2.36. The SMILES string of the molecule is O=C(O)c1ccc2c(c1)CCCN2C(=O)CC1CCNC1. The van der Waals surface area contributed by atoms with E-state index in [0.29, 0.717) is 17.9 Å². The summed E-state index contributed by atoms with van der Waals surface area (Å²) in [5, 5.41) is 12.3. The number of aromatic carboxylic acids is 1. The Morgan fingerprint density at radius 1 is 1.38 bits per heavy atom. The normalized spacial score (nSPS) is 21.1. The van der Waals surface area contributed by atoms with Gasteiger partial charge >= 0.3 is 5.97 Å². The van der Waals surface area contributed by atoms with Crippen LogP contribution in [0.15, 0.2) is 18.2 Å². The zero-order valence-electron chi connectivity index (χ0n) is 12.0. The van der Waals surface area contributed by atoms with Gasteiger partial charge in [-0.1, -0.05) is 0 Å². The third-order valence-electron chi connectivity index (χ3n) is 4.37. The number of anilines is 1. The summed E-state index contributed by atoms with van der Waals surface area (Å²) in [6.07, 6.45) is 3.37. The molecule has 112 valence electrons. The lowest BCUT2D eigenvalue weighted by Gasteiger charge is -2.30. The van der Waals surface area contributed by atoms with E-state index >= 15 is 0 Å². The Balaban J connectivity index is 1.79. The number of carboxylic acids is 1. The van der Waals surface area contributed by atoms with E-state index in [4.69, 9.17) is 5.11 Å². The fourth-order valence-corrected chi connectivity index (χ4v) is 3.24. The highest BCUT2D eigenvalue weighted by Crippen LogP contribution is 2.29. The van der Waals surface area contributed by atoms with E-state index < -0.39 is 5.97 Å². The first kappa shape index (κ1) is 14.1. The van der Waals surface area contributed by atoms with E-state index in [0.717, 1.165) is 50.1 Å². The van der Waals surface area contributed by atoms with Gasteiger partial charge in [0.25, 0.3) is 0 Å². The predicted molar refractivity (Wildman–Crippen MR) is 79.7 cm³/mol. The van der Waals surface area contributed by atoms with E-state index in [1.165, 1.54) is 0 Å². The van der Waals surface area contributed by atoms with Crippen LogP contribution in [0.2, 0.25) is 0 Å². The van der Waals surface area contributed by atoms with E-state index in [9.17, 15) is 9.59 Å². The van der Waals surface area contributed by atoms with Crippen LogP contribution in [0.3, 0.4) is 0 Å². The minimum atomic E-state index is -0.918. The third-order valence-corrected chi connectivity index (χ3v) is 4.37. The lowest BCUT2D eigenvalue weighted by atomic mass is 9.97. The number of nitrogens with zero attached hydrogens (tertiary/aromatic N) is 1. The number of carbonyl (C=O) groups is 2. The van der Waals surface area contributed by atoms with Crippen LogP contribution in [0, 0.1) is 5.92 Å². The van der Waals surface area contributed by atoms with Gasteiger partial charge in [-0.05, 0) is 62.0 Å². The zero-order chi connectivity index (χ0) is 14.8. The summed E-state index contributed by atoms with van der Waals surface area (Å²) < 4.78 is 0. The largest absolute Gasteiger partial charge is 0.478 e. The molecule has 0 aliphatic carbocycles. The molecule has 1 aromatic carbocycles. The molecule has 1 aromatic rings. The molecule has 1 amide bonds. The fourth-order valence-electron chi connectivity index (χ4n) is 3.24. The van der Waals surface area contributed by atoms with Gasteiger partial charge in [-0.3, -0.25) is 4.79 Å². The molecule has 0 spiro atoms. The van der Waals surface area contributed by atoms with E-state index in [2.05, 4.69) is 5.32 Å². The molecule has 21 heavy (non-hydrogen) atoms. The number of fused-ring (bicyclic) bond motifs is 1. The maximum Gasteiger partial charge on any atom is 0.335 e. The summed E-state index contributed by atoms with van der Waals surface area (Å²) in [6.45, 7) is 2.65. The Labute approximate surface area is 123 Å². The summed E-state index contributed by atoms with van der Waals surface area (Å²) in [6, 6.07) is 5.07. The van der Waals surface area contributed by atoms with Crippen molar-refractivity contribution in [3.05, 3.63) is 29.3 Å². The molecule has 1 atom stereocenters. The molecule has 2 N–H and O–H groups in total. The maximum atomic E-state index is 12.5. The first-order valence-corrected chi connectivity index (χ1v) is 7.52. The smallest absolute Gasteiger partial charge is 0.335 e. The van der Waals surface area contributed by atoms with Crippen molar-refractivity contribution in [3.8, 4) is 0 Å². The molecule has 0 radical (unpaired) electrons. The number of nitrogens with one attached hydrogen (secondary N) is 1. The van der Waals surface area contributed by atoms with Crippen LogP contribution in [0.4, 0.5) is 5.69 Å².